The first-order valence-corrected chi connectivity index (χ1v) is 35.6. The van der Waals surface area contributed by atoms with Crippen molar-refractivity contribution in [3.63, 3.8) is 0 Å². The number of aromatic nitrogens is 2. The molecule has 24 N–H and O–H groups in total. The van der Waals surface area contributed by atoms with Gasteiger partial charge in [-0.2, -0.15) is 0 Å². The van der Waals surface area contributed by atoms with Crippen molar-refractivity contribution in [2.45, 2.75) is 138 Å². The van der Waals surface area contributed by atoms with Gasteiger partial charge in [0.2, 0.25) is 76.8 Å². The number of phenols is 2. The molecule has 7 aromatic rings. The lowest BCUT2D eigenvalue weighted by atomic mass is 9.99. The lowest BCUT2D eigenvalue weighted by Gasteiger charge is -2.28. The molecule has 0 bridgehead atoms. The normalized spacial score (nSPS) is 20.7. The first-order valence-electron chi connectivity index (χ1n) is 35.6. The molecule has 8 rings (SSSR count). The topological polar surface area (TPSA) is 563 Å². The van der Waals surface area contributed by atoms with Crippen LogP contribution in [0.2, 0.25) is 0 Å². The Hall–Kier alpha value is -13.5. The Morgan fingerprint density at radius 2 is 0.982 bits per heavy atom. The zero-order valence-electron chi connectivity index (χ0n) is 60.5. The number of carbonyl (C=O) groups is 13. The summed E-state index contributed by atoms with van der Waals surface area (Å²) in [6.45, 7) is 0.270. The number of nitrogens with two attached hydrogens (primary N) is 4. The van der Waals surface area contributed by atoms with Crippen molar-refractivity contribution in [1.82, 2.24) is 73.8 Å². The van der Waals surface area contributed by atoms with E-state index in [1.807, 2.05) is 30.3 Å². The van der Waals surface area contributed by atoms with Crippen LogP contribution in [-0.4, -0.2) is 182 Å². The third-order valence-corrected chi connectivity index (χ3v) is 17.9. The van der Waals surface area contributed by atoms with E-state index >= 15 is 24.0 Å². The van der Waals surface area contributed by atoms with Gasteiger partial charge < -0.3 is 102 Å². The van der Waals surface area contributed by atoms with Gasteiger partial charge in [-0.15, -0.1) is 0 Å². The van der Waals surface area contributed by atoms with E-state index in [2.05, 4.69) is 73.8 Å². The van der Waals surface area contributed by atoms with E-state index in [9.17, 15) is 48.6 Å². The largest absolute Gasteiger partial charge is 0.508 e. The summed E-state index contributed by atoms with van der Waals surface area (Å²) in [5.41, 5.74) is 27.6. The van der Waals surface area contributed by atoms with Crippen molar-refractivity contribution in [1.29, 1.82) is 5.41 Å². The van der Waals surface area contributed by atoms with Crippen molar-refractivity contribution in [2.75, 3.05) is 13.1 Å². The summed E-state index contributed by atoms with van der Waals surface area (Å²) in [7, 11) is 0. The standard InChI is InChI=1S/C77H91N19O15/c1-43-67(102)91-57(34-44-12-5-2-6-13-44)74(109)96-63(76(111)90-56(66(80)101)33-48-23-29-53(98)30-24-48)41-85-69(104)62(92-68(103)54(78)32-46-21-27-52(97)28-22-46)39-65(100)88-60(37-51-40-83-42-86-51)75(110)94-58(35-45-14-7-3-8-15-45)72(107)89-55(18-11-31-84-77(81)82)70(105)93-59(73(108)95-61(38-64(79)99)71(106)87-43)36-47-19-25-50(26-20-47)49-16-9-4-10-17-49/h2-10,12-17,19-30,40,42-43,54-63,97-98H,11,18,31-39,41,78H2,1H3,(H2,79,99)(H2,80,101)(H,83,86)(H,85,104)(H,87,106)(H,88,100)(H,89,107)(H,90,111)(H,91,102)(H,92,103)(H,93,105)(H,94,110)(H,95,108)(H,96,109)(H4,81,82,84)/t43-,54-,55-,56-,57-,58+,59-,60-,61-,62+,63?/m0/s1. The lowest BCUT2D eigenvalue weighted by molar-refractivity contribution is -0.136. The number of rotatable bonds is 24. The summed E-state index contributed by atoms with van der Waals surface area (Å²) >= 11 is 0. The minimum atomic E-state index is -1.96. The SMILES string of the molecule is C[C@@H]1NC(=O)[C@H](CC(N)=O)NC(=O)[C@H](Cc2ccc(-c3ccccc3)cc2)NC(=O)[C@H](CCCNC(=N)N)NC(=O)[C@@H](Cc2ccccc2)NC(=O)[C@H](Cc2c[nH]cn2)NC(=O)C[C@@H](NC(=O)[C@@H](N)Cc2ccc(O)cc2)C(=O)NCC(C(=O)N[C@@H](Cc2ccc(O)cc2)C(N)=O)NC(=O)[C@H](Cc2ccccc2)NC1=O. The number of phenolic OH excluding ortho intramolecular Hbond substituents is 2. The van der Waals surface area contributed by atoms with Gasteiger partial charge in [0.1, 0.15) is 71.9 Å². The number of H-pyrrole nitrogens is 1. The molecule has 1 unspecified atom stereocenters. The molecule has 0 aliphatic carbocycles. The Bertz CT molecular complexity index is 4390. The summed E-state index contributed by atoms with van der Waals surface area (Å²) in [6.07, 6.45) is -1.11. The number of aromatic amines is 1. The molecular formula is C77H91N19O15. The Morgan fingerprint density at radius 3 is 1.50 bits per heavy atom. The molecule has 111 heavy (non-hydrogen) atoms. The molecule has 2 heterocycles. The van der Waals surface area contributed by atoms with Gasteiger partial charge in [-0.25, -0.2) is 4.98 Å². The van der Waals surface area contributed by atoms with Gasteiger partial charge in [-0.05, 0) is 89.4 Å². The smallest absolute Gasteiger partial charge is 0.245 e. The fourth-order valence-electron chi connectivity index (χ4n) is 11.9. The third-order valence-electron chi connectivity index (χ3n) is 17.9. The van der Waals surface area contributed by atoms with E-state index in [-0.39, 0.29) is 68.7 Å². The van der Waals surface area contributed by atoms with E-state index in [4.69, 9.17) is 28.3 Å². The fraction of sp³-hybridized carbons (Fsp3) is 0.312. The number of hydrogen-bond acceptors (Lipinski definition) is 18. The highest BCUT2D eigenvalue weighted by Gasteiger charge is 2.38. The molecule has 1 saturated heterocycles. The van der Waals surface area contributed by atoms with Crippen molar-refractivity contribution >= 4 is 82.8 Å². The third kappa shape index (κ3) is 26.7. The molecule has 6 aromatic carbocycles. The first-order chi connectivity index (χ1) is 53.1. The van der Waals surface area contributed by atoms with Gasteiger partial charge in [0.25, 0.3) is 0 Å². The predicted molar refractivity (Wildman–Crippen MR) is 405 cm³/mol. The highest BCUT2D eigenvalue weighted by molar-refractivity contribution is 6.01. The molecule has 34 nitrogen and oxygen atoms in total. The van der Waals surface area contributed by atoms with Crippen molar-refractivity contribution in [3.8, 4) is 22.6 Å². The van der Waals surface area contributed by atoms with Gasteiger partial charge in [-0.3, -0.25) is 67.7 Å². The summed E-state index contributed by atoms with van der Waals surface area (Å²) in [6, 6.07) is 25.3. The highest BCUT2D eigenvalue weighted by Crippen LogP contribution is 2.21. The number of carbonyl (C=O) groups excluding carboxylic acids is 13. The maximum Gasteiger partial charge on any atom is 0.245 e. The Balaban J connectivity index is 1.22. The van der Waals surface area contributed by atoms with Crippen LogP contribution in [0.15, 0.2) is 176 Å². The summed E-state index contributed by atoms with van der Waals surface area (Å²) < 4.78 is 0. The van der Waals surface area contributed by atoms with Crippen molar-refractivity contribution in [2.24, 2.45) is 22.9 Å². The molecule has 0 radical (unpaired) electrons. The van der Waals surface area contributed by atoms with E-state index < -0.39 is 175 Å². The van der Waals surface area contributed by atoms with E-state index in [1.165, 1.54) is 68.0 Å². The summed E-state index contributed by atoms with van der Waals surface area (Å²) in [5, 5.41) is 58.6. The average molecular weight is 1520 g/mol. The van der Waals surface area contributed by atoms with Gasteiger partial charge in [0.15, 0.2) is 5.96 Å². The van der Waals surface area contributed by atoms with Crippen LogP contribution in [0, 0.1) is 5.41 Å². The Labute approximate surface area is 637 Å². The number of aromatic hydroxyl groups is 2. The van der Waals surface area contributed by atoms with E-state index in [0.717, 1.165) is 11.1 Å². The van der Waals surface area contributed by atoms with Crippen LogP contribution in [0.3, 0.4) is 0 Å². The summed E-state index contributed by atoms with van der Waals surface area (Å²) in [5.74, 6) is -14.7. The number of guanidine groups is 1. The number of amides is 13. The molecule has 13 amide bonds. The zero-order valence-corrected chi connectivity index (χ0v) is 60.5. The average Bonchev–Trinajstić information content (AvgIpc) is 0.902. The molecule has 0 saturated carbocycles. The lowest BCUT2D eigenvalue weighted by Crippen LogP contribution is -2.62. The van der Waals surface area contributed by atoms with Crippen LogP contribution in [-0.2, 0) is 101 Å². The van der Waals surface area contributed by atoms with E-state index in [1.54, 1.807) is 84.9 Å². The Morgan fingerprint density at radius 1 is 0.523 bits per heavy atom. The summed E-state index contributed by atoms with van der Waals surface area (Å²) in [4.78, 5) is 196. The van der Waals surface area contributed by atoms with Gasteiger partial charge in [-0.1, -0.05) is 140 Å². The molecule has 0 spiro atoms. The van der Waals surface area contributed by atoms with Crippen LogP contribution in [0.4, 0.5) is 0 Å². The molecule has 1 aliphatic rings. The minimum absolute atomic E-state index is 0.00817. The highest BCUT2D eigenvalue weighted by atomic mass is 16.3. The monoisotopic (exact) mass is 1520 g/mol. The second-order valence-electron chi connectivity index (χ2n) is 26.6. The van der Waals surface area contributed by atoms with Crippen LogP contribution in [0.1, 0.15) is 66.1 Å². The number of imidazole rings is 1. The number of benzene rings is 6. The van der Waals surface area contributed by atoms with Gasteiger partial charge >= 0.3 is 0 Å². The molecule has 34 heteroatoms. The zero-order chi connectivity index (χ0) is 80.1. The second-order valence-corrected chi connectivity index (χ2v) is 26.6. The van der Waals surface area contributed by atoms with Gasteiger partial charge in [0.05, 0.1) is 30.9 Å². The fourth-order valence-corrected chi connectivity index (χ4v) is 11.9. The molecule has 11 atom stereocenters. The number of nitrogens with zero attached hydrogens (tertiary/aromatic N) is 1. The van der Waals surface area contributed by atoms with Crippen molar-refractivity contribution < 1.29 is 72.5 Å². The van der Waals surface area contributed by atoms with Crippen LogP contribution >= 0.6 is 0 Å². The minimum Gasteiger partial charge on any atom is -0.508 e. The maximum atomic E-state index is 15.2. The van der Waals surface area contributed by atoms with E-state index in [0.29, 0.717) is 27.8 Å². The number of nitrogens with one attached hydrogen (secondary N) is 14. The maximum absolute atomic E-state index is 15.2. The van der Waals surface area contributed by atoms with Crippen LogP contribution in [0.5, 0.6) is 11.5 Å². The quantitative estimate of drug-likeness (QED) is 0.0170. The first kappa shape index (κ1) is 83.1. The van der Waals surface area contributed by atoms with Gasteiger partial charge in [0, 0.05) is 51.4 Å². The number of primary amides is 2. The predicted octanol–water partition coefficient (Wildman–Crippen LogP) is -2.42. The number of hydrogen-bond donors (Lipinski definition) is 20. The molecular weight excluding hydrogens is 1430 g/mol. The molecule has 1 aliphatic heterocycles. The molecule has 584 valence electrons. The van der Waals surface area contributed by atoms with Crippen molar-refractivity contribution in [3.05, 3.63) is 210 Å². The molecule has 1 aromatic heterocycles. The second kappa shape index (κ2) is 41.0. The molecule has 1 fully saturated rings. The van der Waals surface area contributed by atoms with Crippen LogP contribution in [0.25, 0.3) is 11.1 Å². The Kier molecular flexibility index (Phi) is 30.7. The van der Waals surface area contributed by atoms with Crippen LogP contribution < -0.4 is 86.7 Å².